The second kappa shape index (κ2) is 9.42. The molecule has 0 heterocycles. The van der Waals surface area contributed by atoms with Crippen LogP contribution in [-0.4, -0.2) is 41.6 Å². The third kappa shape index (κ3) is 7.28. The van der Waals surface area contributed by atoms with Gasteiger partial charge < -0.3 is 27.2 Å². The highest BCUT2D eigenvalue weighted by Crippen LogP contribution is 2.03. The van der Waals surface area contributed by atoms with E-state index in [9.17, 15) is 9.59 Å². The molecule has 0 bridgehead atoms. The predicted molar refractivity (Wildman–Crippen MR) is 86.8 cm³/mol. The van der Waals surface area contributed by atoms with Gasteiger partial charge in [0.2, 0.25) is 5.91 Å². The number of aliphatic carboxylic acids is 1. The minimum atomic E-state index is -1.12. The van der Waals surface area contributed by atoms with Gasteiger partial charge in [0.15, 0.2) is 5.96 Å². The van der Waals surface area contributed by atoms with Crippen molar-refractivity contribution in [2.75, 3.05) is 6.54 Å². The second-order valence-corrected chi connectivity index (χ2v) is 5.18. The summed E-state index contributed by atoms with van der Waals surface area (Å²) in [5.41, 5.74) is 11.9. The zero-order valence-electron chi connectivity index (χ0n) is 12.8. The van der Waals surface area contributed by atoms with E-state index in [1.165, 1.54) is 0 Å². The van der Waals surface area contributed by atoms with Gasteiger partial charge in [-0.15, -0.1) is 0 Å². The molecule has 1 aromatic carbocycles. The van der Waals surface area contributed by atoms with Crippen LogP contribution in [0, 0.1) is 5.41 Å². The average molecular weight is 321 g/mol. The van der Waals surface area contributed by atoms with Crippen molar-refractivity contribution in [3.63, 3.8) is 0 Å². The molecule has 0 saturated heterocycles. The van der Waals surface area contributed by atoms with Gasteiger partial charge in [-0.2, -0.15) is 0 Å². The molecule has 1 rings (SSSR count). The number of benzene rings is 1. The lowest BCUT2D eigenvalue weighted by Gasteiger charge is -2.18. The van der Waals surface area contributed by atoms with E-state index in [-0.39, 0.29) is 12.4 Å². The second-order valence-electron chi connectivity index (χ2n) is 5.18. The number of amides is 1. The standard InChI is InChI=1S/C15H23N5O3/c16-11(9-10-5-2-1-3-6-10)13(21)20-12(14(22)23)7-4-8-19-15(17)18/h1-3,5-6,11-12H,4,7-9,16H2,(H,20,21)(H,22,23)(H4,17,18,19)/t11-,12+/m0/s1. The molecule has 0 radical (unpaired) electrons. The quantitative estimate of drug-likeness (QED) is 0.202. The zero-order valence-corrected chi connectivity index (χ0v) is 12.8. The molecule has 8 N–H and O–H groups in total. The Kier molecular flexibility index (Phi) is 7.55. The molecule has 2 atom stereocenters. The Balaban J connectivity index is 2.46. The van der Waals surface area contributed by atoms with Gasteiger partial charge in [-0.25, -0.2) is 4.79 Å². The summed E-state index contributed by atoms with van der Waals surface area (Å²) >= 11 is 0. The zero-order chi connectivity index (χ0) is 17.2. The van der Waals surface area contributed by atoms with Crippen LogP contribution in [0.3, 0.4) is 0 Å². The highest BCUT2D eigenvalue weighted by molar-refractivity contribution is 5.87. The molecule has 23 heavy (non-hydrogen) atoms. The molecule has 0 aromatic heterocycles. The molecule has 0 spiro atoms. The third-order valence-electron chi connectivity index (χ3n) is 3.23. The lowest BCUT2D eigenvalue weighted by molar-refractivity contribution is -0.142. The lowest BCUT2D eigenvalue weighted by Crippen LogP contribution is -2.49. The number of hydrogen-bond donors (Lipinski definition) is 6. The number of nitrogens with two attached hydrogens (primary N) is 2. The number of nitrogens with one attached hydrogen (secondary N) is 3. The maximum absolute atomic E-state index is 12.0. The minimum Gasteiger partial charge on any atom is -0.480 e. The van der Waals surface area contributed by atoms with E-state index in [1.54, 1.807) is 0 Å². The van der Waals surface area contributed by atoms with E-state index in [1.807, 2.05) is 30.3 Å². The van der Waals surface area contributed by atoms with Crippen molar-refractivity contribution in [2.24, 2.45) is 11.5 Å². The number of carboxylic acid groups (broad SMARTS) is 1. The summed E-state index contributed by atoms with van der Waals surface area (Å²) in [5.74, 6) is -1.79. The van der Waals surface area contributed by atoms with Crippen LogP contribution in [0.15, 0.2) is 30.3 Å². The molecule has 0 saturated carbocycles. The number of carbonyl (C=O) groups is 2. The van der Waals surface area contributed by atoms with Gasteiger partial charge in [0.1, 0.15) is 6.04 Å². The van der Waals surface area contributed by atoms with Crippen LogP contribution in [0.5, 0.6) is 0 Å². The first-order chi connectivity index (χ1) is 10.9. The molecule has 1 aromatic rings. The van der Waals surface area contributed by atoms with Crippen molar-refractivity contribution in [1.82, 2.24) is 10.6 Å². The maximum atomic E-state index is 12.0. The van der Waals surface area contributed by atoms with Crippen LogP contribution >= 0.6 is 0 Å². The molecule has 0 fully saturated rings. The van der Waals surface area contributed by atoms with Gasteiger partial charge in [0.25, 0.3) is 0 Å². The highest BCUT2D eigenvalue weighted by Gasteiger charge is 2.23. The summed E-state index contributed by atoms with van der Waals surface area (Å²) < 4.78 is 0. The Bertz CT molecular complexity index is 535. The molecule has 0 aliphatic heterocycles. The van der Waals surface area contributed by atoms with Gasteiger partial charge in [-0.1, -0.05) is 30.3 Å². The Labute approximate surface area is 134 Å². The fourth-order valence-electron chi connectivity index (χ4n) is 2.03. The van der Waals surface area contributed by atoms with E-state index in [0.29, 0.717) is 19.4 Å². The van der Waals surface area contributed by atoms with Crippen molar-refractivity contribution >= 4 is 17.8 Å². The van der Waals surface area contributed by atoms with Crippen LogP contribution in [0.25, 0.3) is 0 Å². The number of guanidine groups is 1. The Morgan fingerprint density at radius 3 is 2.48 bits per heavy atom. The van der Waals surface area contributed by atoms with Crippen molar-refractivity contribution in [3.05, 3.63) is 35.9 Å². The summed E-state index contributed by atoms with van der Waals surface area (Å²) in [4.78, 5) is 23.2. The van der Waals surface area contributed by atoms with Crippen LogP contribution in [-0.2, 0) is 16.0 Å². The Morgan fingerprint density at radius 1 is 1.26 bits per heavy atom. The molecule has 0 unspecified atom stereocenters. The average Bonchev–Trinajstić information content (AvgIpc) is 2.50. The number of carboxylic acids is 1. The fraction of sp³-hybridized carbons (Fsp3) is 0.400. The summed E-state index contributed by atoms with van der Waals surface area (Å²) in [7, 11) is 0. The fourth-order valence-corrected chi connectivity index (χ4v) is 2.03. The van der Waals surface area contributed by atoms with Crippen LogP contribution < -0.4 is 22.1 Å². The first kappa shape index (κ1) is 18.4. The Hall–Kier alpha value is -2.61. The summed E-state index contributed by atoms with van der Waals surface area (Å²) in [6.45, 7) is 0.366. The lowest BCUT2D eigenvalue weighted by atomic mass is 10.1. The van der Waals surface area contributed by atoms with Gasteiger partial charge in [0, 0.05) is 6.54 Å². The van der Waals surface area contributed by atoms with Crippen molar-refractivity contribution < 1.29 is 14.7 Å². The van der Waals surface area contributed by atoms with Crippen molar-refractivity contribution in [3.8, 4) is 0 Å². The molecular formula is C15H23N5O3. The van der Waals surface area contributed by atoms with Gasteiger partial charge in [-0.05, 0) is 24.8 Å². The third-order valence-corrected chi connectivity index (χ3v) is 3.23. The van der Waals surface area contributed by atoms with Crippen molar-refractivity contribution in [2.45, 2.75) is 31.3 Å². The highest BCUT2D eigenvalue weighted by atomic mass is 16.4. The monoisotopic (exact) mass is 321 g/mol. The van der Waals surface area contributed by atoms with E-state index in [2.05, 4.69) is 10.6 Å². The largest absolute Gasteiger partial charge is 0.480 e. The number of carbonyl (C=O) groups excluding carboxylic acids is 1. The SMILES string of the molecule is N=C(N)NCCC[C@@H](NC(=O)[C@@H](N)Cc1ccccc1)C(=O)O. The summed E-state index contributed by atoms with van der Waals surface area (Å²) in [6, 6.07) is 7.45. The topological polar surface area (TPSA) is 154 Å². The maximum Gasteiger partial charge on any atom is 0.326 e. The number of rotatable bonds is 9. The van der Waals surface area contributed by atoms with Crippen LogP contribution in [0.1, 0.15) is 18.4 Å². The van der Waals surface area contributed by atoms with E-state index >= 15 is 0 Å². The molecule has 8 heteroatoms. The van der Waals surface area contributed by atoms with Crippen molar-refractivity contribution in [1.29, 1.82) is 5.41 Å². The van der Waals surface area contributed by atoms with Gasteiger partial charge >= 0.3 is 5.97 Å². The minimum absolute atomic E-state index is 0.175. The molecule has 0 aliphatic rings. The molecule has 8 nitrogen and oxygen atoms in total. The van der Waals surface area contributed by atoms with E-state index in [4.69, 9.17) is 22.0 Å². The van der Waals surface area contributed by atoms with Gasteiger partial charge in [-0.3, -0.25) is 10.2 Å². The van der Waals surface area contributed by atoms with Crippen LogP contribution in [0.2, 0.25) is 0 Å². The molecular weight excluding hydrogens is 298 g/mol. The van der Waals surface area contributed by atoms with E-state index in [0.717, 1.165) is 5.56 Å². The first-order valence-corrected chi connectivity index (χ1v) is 7.30. The summed E-state index contributed by atoms with van der Waals surface area (Å²) in [5, 5.41) is 21.2. The smallest absolute Gasteiger partial charge is 0.326 e. The molecule has 0 aliphatic carbocycles. The molecule has 1 amide bonds. The number of hydrogen-bond acceptors (Lipinski definition) is 4. The van der Waals surface area contributed by atoms with Gasteiger partial charge in [0.05, 0.1) is 6.04 Å². The first-order valence-electron chi connectivity index (χ1n) is 7.30. The normalized spacial score (nSPS) is 12.9. The van der Waals surface area contributed by atoms with E-state index < -0.39 is 24.0 Å². The summed E-state index contributed by atoms with van der Waals surface area (Å²) in [6.07, 6.45) is 1.01. The molecule has 126 valence electrons. The Morgan fingerprint density at radius 2 is 1.91 bits per heavy atom. The predicted octanol–water partition coefficient (Wildman–Crippen LogP) is -0.611. The van der Waals surface area contributed by atoms with Crippen LogP contribution in [0.4, 0.5) is 0 Å².